The zero-order valence-corrected chi connectivity index (χ0v) is 10.6. The maximum atomic E-state index is 6.06. The molecule has 1 saturated heterocycles. The van der Waals surface area contributed by atoms with Crippen molar-refractivity contribution in [3.8, 4) is 0 Å². The van der Waals surface area contributed by atoms with Crippen molar-refractivity contribution in [2.24, 2.45) is 0 Å². The Balaban J connectivity index is 2.07. The van der Waals surface area contributed by atoms with Gasteiger partial charge in [-0.15, -0.1) is 0 Å². The van der Waals surface area contributed by atoms with E-state index in [4.69, 9.17) is 5.73 Å². The molecule has 0 spiro atoms. The van der Waals surface area contributed by atoms with Crippen LogP contribution in [0.5, 0.6) is 0 Å². The van der Waals surface area contributed by atoms with Gasteiger partial charge in [-0.2, -0.15) is 0 Å². The Kier molecular flexibility index (Phi) is 2.78. The lowest BCUT2D eigenvalue weighted by atomic mass is 10.0. The summed E-state index contributed by atoms with van der Waals surface area (Å²) in [5.74, 6) is 1.39. The second-order valence-electron chi connectivity index (χ2n) is 4.96. The van der Waals surface area contributed by atoms with Gasteiger partial charge in [-0.1, -0.05) is 12.1 Å². The van der Waals surface area contributed by atoms with Crippen LogP contribution >= 0.6 is 0 Å². The lowest BCUT2D eigenvalue weighted by molar-refractivity contribution is 0.482. The molecule has 1 fully saturated rings. The highest BCUT2D eigenvalue weighted by Crippen LogP contribution is 2.28. The van der Waals surface area contributed by atoms with Gasteiger partial charge in [0.1, 0.15) is 0 Å². The van der Waals surface area contributed by atoms with Crippen molar-refractivity contribution in [1.82, 2.24) is 9.97 Å². The molecule has 0 radical (unpaired) electrons. The maximum absolute atomic E-state index is 6.06. The number of nitrogen functional groups attached to an aromatic ring is 1. The largest absolute Gasteiger partial charge is 0.381 e. The highest BCUT2D eigenvalue weighted by Gasteiger charge is 2.22. The number of aromatic nitrogens is 2. The fourth-order valence-electron chi connectivity index (χ4n) is 2.63. The first-order chi connectivity index (χ1) is 8.75. The van der Waals surface area contributed by atoms with Gasteiger partial charge < -0.3 is 10.6 Å². The highest BCUT2D eigenvalue weighted by atomic mass is 15.2. The predicted molar refractivity (Wildman–Crippen MR) is 74.6 cm³/mol. The average molecular weight is 242 g/mol. The van der Waals surface area contributed by atoms with Gasteiger partial charge in [-0.25, -0.2) is 9.97 Å². The van der Waals surface area contributed by atoms with Crippen molar-refractivity contribution in [2.75, 3.05) is 17.2 Å². The Labute approximate surface area is 107 Å². The summed E-state index contributed by atoms with van der Waals surface area (Å²) < 4.78 is 0. The van der Waals surface area contributed by atoms with E-state index in [1.807, 2.05) is 24.3 Å². The fraction of sp³-hybridized carbons (Fsp3) is 0.429. The highest BCUT2D eigenvalue weighted by molar-refractivity contribution is 5.79. The predicted octanol–water partition coefficient (Wildman–Crippen LogP) is 2.59. The Bertz CT molecular complexity index is 567. The van der Waals surface area contributed by atoms with Gasteiger partial charge in [0.15, 0.2) is 11.6 Å². The maximum Gasteiger partial charge on any atom is 0.172 e. The number of piperidine rings is 1. The molecule has 0 aliphatic carbocycles. The number of anilines is 2. The molecule has 1 aromatic carbocycles. The number of rotatable bonds is 1. The van der Waals surface area contributed by atoms with Crippen LogP contribution in [-0.2, 0) is 0 Å². The van der Waals surface area contributed by atoms with E-state index in [-0.39, 0.29) is 0 Å². The van der Waals surface area contributed by atoms with Gasteiger partial charge in [-0.3, -0.25) is 0 Å². The summed E-state index contributed by atoms with van der Waals surface area (Å²) in [6.07, 6.45) is 3.70. The molecular formula is C14H18N4. The minimum absolute atomic E-state index is 0.497. The molecule has 94 valence electrons. The third-order valence-electron chi connectivity index (χ3n) is 3.65. The van der Waals surface area contributed by atoms with E-state index < -0.39 is 0 Å². The van der Waals surface area contributed by atoms with Crippen LogP contribution in [-0.4, -0.2) is 22.6 Å². The van der Waals surface area contributed by atoms with E-state index in [0.717, 1.165) is 23.4 Å². The van der Waals surface area contributed by atoms with Crippen molar-refractivity contribution < 1.29 is 0 Å². The molecule has 1 unspecified atom stereocenters. The summed E-state index contributed by atoms with van der Waals surface area (Å²) in [6.45, 7) is 3.26. The lowest BCUT2D eigenvalue weighted by Gasteiger charge is -2.34. The van der Waals surface area contributed by atoms with E-state index in [0.29, 0.717) is 11.9 Å². The standard InChI is InChI=1S/C14H18N4/c1-10-6-4-5-9-18(10)14-13(15)16-11-7-2-3-8-12(11)17-14/h2-3,7-8,10H,4-6,9H2,1H3,(H2,15,16). The molecule has 18 heavy (non-hydrogen) atoms. The average Bonchev–Trinajstić information content (AvgIpc) is 2.39. The van der Waals surface area contributed by atoms with Crippen molar-refractivity contribution in [3.63, 3.8) is 0 Å². The lowest BCUT2D eigenvalue weighted by Crippen LogP contribution is -2.38. The van der Waals surface area contributed by atoms with Gasteiger partial charge in [-0.05, 0) is 38.3 Å². The summed E-state index contributed by atoms with van der Waals surface area (Å²) in [7, 11) is 0. The monoisotopic (exact) mass is 242 g/mol. The van der Waals surface area contributed by atoms with Crippen LogP contribution in [0.1, 0.15) is 26.2 Å². The van der Waals surface area contributed by atoms with Gasteiger partial charge in [0.25, 0.3) is 0 Å². The Morgan fingerprint density at radius 2 is 1.89 bits per heavy atom. The topological polar surface area (TPSA) is 55.0 Å². The first-order valence-corrected chi connectivity index (χ1v) is 6.54. The first-order valence-electron chi connectivity index (χ1n) is 6.54. The van der Waals surface area contributed by atoms with Crippen molar-refractivity contribution in [1.29, 1.82) is 0 Å². The number of hydrogen-bond donors (Lipinski definition) is 1. The van der Waals surface area contributed by atoms with Gasteiger partial charge in [0, 0.05) is 12.6 Å². The van der Waals surface area contributed by atoms with E-state index >= 15 is 0 Å². The Morgan fingerprint density at radius 1 is 1.17 bits per heavy atom. The number of nitrogens with two attached hydrogens (primary N) is 1. The van der Waals surface area contributed by atoms with Gasteiger partial charge >= 0.3 is 0 Å². The Hall–Kier alpha value is -1.84. The molecule has 2 heterocycles. The summed E-state index contributed by atoms with van der Waals surface area (Å²) in [6, 6.07) is 8.37. The summed E-state index contributed by atoms with van der Waals surface area (Å²) in [5, 5.41) is 0. The SMILES string of the molecule is CC1CCCCN1c1nc2ccccc2nc1N. The molecule has 0 amide bonds. The van der Waals surface area contributed by atoms with Crippen LogP contribution in [0.2, 0.25) is 0 Å². The van der Waals surface area contributed by atoms with Crippen LogP contribution in [0.15, 0.2) is 24.3 Å². The Morgan fingerprint density at radius 3 is 2.61 bits per heavy atom. The molecule has 2 aromatic rings. The number of para-hydroxylation sites is 2. The van der Waals surface area contributed by atoms with Crippen molar-refractivity contribution >= 4 is 22.7 Å². The molecular weight excluding hydrogens is 224 g/mol. The van der Waals surface area contributed by atoms with E-state index in [1.54, 1.807) is 0 Å². The molecule has 4 nitrogen and oxygen atoms in total. The fourth-order valence-corrected chi connectivity index (χ4v) is 2.63. The summed E-state index contributed by atoms with van der Waals surface area (Å²) in [4.78, 5) is 11.4. The number of benzene rings is 1. The normalized spacial score (nSPS) is 20.3. The number of fused-ring (bicyclic) bond motifs is 1. The molecule has 4 heteroatoms. The molecule has 1 aliphatic rings. The first kappa shape index (κ1) is 11.3. The minimum atomic E-state index is 0.497. The minimum Gasteiger partial charge on any atom is -0.381 e. The molecule has 0 saturated carbocycles. The van der Waals surface area contributed by atoms with Crippen LogP contribution < -0.4 is 10.6 Å². The second-order valence-corrected chi connectivity index (χ2v) is 4.96. The summed E-state index contributed by atoms with van der Waals surface area (Å²) >= 11 is 0. The number of hydrogen-bond acceptors (Lipinski definition) is 4. The third kappa shape index (κ3) is 1.88. The third-order valence-corrected chi connectivity index (χ3v) is 3.65. The molecule has 1 aromatic heterocycles. The van der Waals surface area contributed by atoms with E-state index in [1.165, 1.54) is 19.3 Å². The van der Waals surface area contributed by atoms with E-state index in [2.05, 4.69) is 21.8 Å². The zero-order valence-electron chi connectivity index (χ0n) is 10.6. The van der Waals surface area contributed by atoms with E-state index in [9.17, 15) is 0 Å². The molecule has 0 bridgehead atoms. The zero-order chi connectivity index (χ0) is 12.5. The van der Waals surface area contributed by atoms with Crippen LogP contribution in [0.3, 0.4) is 0 Å². The number of nitrogens with zero attached hydrogens (tertiary/aromatic N) is 3. The van der Waals surface area contributed by atoms with Crippen molar-refractivity contribution in [2.45, 2.75) is 32.2 Å². The van der Waals surface area contributed by atoms with Gasteiger partial charge in [0.2, 0.25) is 0 Å². The molecule has 1 atom stereocenters. The molecule has 2 N–H and O–H groups in total. The smallest absolute Gasteiger partial charge is 0.172 e. The van der Waals surface area contributed by atoms with Crippen LogP contribution in [0, 0.1) is 0 Å². The van der Waals surface area contributed by atoms with Crippen LogP contribution in [0.4, 0.5) is 11.6 Å². The molecule has 3 rings (SSSR count). The van der Waals surface area contributed by atoms with Crippen molar-refractivity contribution in [3.05, 3.63) is 24.3 Å². The summed E-state index contributed by atoms with van der Waals surface area (Å²) in [5.41, 5.74) is 7.84. The second kappa shape index (κ2) is 4.44. The van der Waals surface area contributed by atoms with Crippen LogP contribution in [0.25, 0.3) is 11.0 Å². The molecule has 1 aliphatic heterocycles. The van der Waals surface area contributed by atoms with Gasteiger partial charge in [0.05, 0.1) is 11.0 Å². The quantitative estimate of drug-likeness (QED) is 0.835.